The van der Waals surface area contributed by atoms with Gasteiger partial charge >= 0.3 is 0 Å². The zero-order valence-corrected chi connectivity index (χ0v) is 11.9. The average Bonchev–Trinajstić information content (AvgIpc) is 2.69. The molecule has 0 aliphatic heterocycles. The van der Waals surface area contributed by atoms with Crippen LogP contribution in [0.5, 0.6) is 0 Å². The molecule has 0 saturated heterocycles. The van der Waals surface area contributed by atoms with Crippen molar-refractivity contribution < 1.29 is 4.79 Å². The minimum atomic E-state index is 0.175. The first-order valence-electron chi connectivity index (χ1n) is 6.56. The molecule has 1 atom stereocenters. The third kappa shape index (κ3) is 4.26. The maximum atomic E-state index is 12.0. The lowest BCUT2D eigenvalue weighted by molar-refractivity contribution is 0.0957. The highest BCUT2D eigenvalue weighted by atomic mass is 16.1. The zero-order valence-electron chi connectivity index (χ0n) is 11.9. The topological polar surface area (TPSA) is 60.9 Å². The second kappa shape index (κ2) is 6.14. The van der Waals surface area contributed by atoms with Gasteiger partial charge < -0.3 is 5.73 Å². The van der Waals surface area contributed by atoms with Gasteiger partial charge in [-0.05, 0) is 30.7 Å². The quantitative estimate of drug-likeness (QED) is 0.790. The molecule has 0 spiro atoms. The number of hydrogen-bond acceptors (Lipinski definition) is 3. The van der Waals surface area contributed by atoms with E-state index in [1.54, 1.807) is 17.1 Å². The van der Waals surface area contributed by atoms with Gasteiger partial charge in [0.1, 0.15) is 0 Å². The number of Topliss-reactive ketones (excluding diaryl/α,β-unsaturated/α-hetero) is 1. The molecular formula is C14H25N3O. The van der Waals surface area contributed by atoms with Crippen molar-refractivity contribution in [1.82, 2.24) is 9.78 Å². The number of carbonyl (C=O) groups is 1. The summed E-state index contributed by atoms with van der Waals surface area (Å²) in [5, 5.41) is 4.03. The Kier molecular flexibility index (Phi) is 5.08. The molecule has 2 N–H and O–H groups in total. The van der Waals surface area contributed by atoms with Crippen LogP contribution in [-0.2, 0) is 7.05 Å². The molecule has 0 fully saturated rings. The molecule has 1 aromatic heterocycles. The summed E-state index contributed by atoms with van der Waals surface area (Å²) in [6.45, 7) is 7.31. The normalized spacial score (nSPS) is 13.6. The monoisotopic (exact) mass is 251 g/mol. The van der Waals surface area contributed by atoms with Crippen molar-refractivity contribution in [3.63, 3.8) is 0 Å². The molecule has 1 aromatic rings. The van der Waals surface area contributed by atoms with Gasteiger partial charge in [-0.1, -0.05) is 20.8 Å². The molecular weight excluding hydrogens is 226 g/mol. The molecule has 1 heterocycles. The van der Waals surface area contributed by atoms with Crippen LogP contribution in [0.1, 0.15) is 50.4 Å². The lowest BCUT2D eigenvalue weighted by atomic mass is 9.76. The fourth-order valence-corrected chi connectivity index (χ4v) is 2.23. The van der Waals surface area contributed by atoms with Crippen molar-refractivity contribution in [1.29, 1.82) is 0 Å². The van der Waals surface area contributed by atoms with Crippen LogP contribution in [0.25, 0.3) is 0 Å². The summed E-state index contributed by atoms with van der Waals surface area (Å²) < 4.78 is 1.66. The Bertz CT molecular complexity index is 390. The average molecular weight is 251 g/mol. The van der Waals surface area contributed by atoms with E-state index in [2.05, 4.69) is 25.9 Å². The standard InChI is InChI=1S/C14H25N3O/c1-14(2,3)12(7-8-15)5-6-13(18)11-9-16-17(4)10-11/h9-10,12H,5-8,15H2,1-4H3. The number of ketones is 1. The number of aryl methyl sites for hydroxylation is 1. The summed E-state index contributed by atoms with van der Waals surface area (Å²) in [5.74, 6) is 0.664. The smallest absolute Gasteiger partial charge is 0.166 e. The van der Waals surface area contributed by atoms with Crippen molar-refractivity contribution in [3.8, 4) is 0 Å². The Morgan fingerprint density at radius 1 is 1.44 bits per heavy atom. The molecule has 0 aliphatic rings. The van der Waals surface area contributed by atoms with E-state index in [1.807, 2.05) is 7.05 Å². The van der Waals surface area contributed by atoms with E-state index in [0.29, 0.717) is 24.4 Å². The Hall–Kier alpha value is -1.16. The first-order chi connectivity index (χ1) is 8.34. The van der Waals surface area contributed by atoms with Gasteiger partial charge in [0.15, 0.2) is 5.78 Å². The number of rotatable bonds is 6. The summed E-state index contributed by atoms with van der Waals surface area (Å²) >= 11 is 0. The highest BCUT2D eigenvalue weighted by Gasteiger charge is 2.24. The van der Waals surface area contributed by atoms with Crippen molar-refractivity contribution in [2.75, 3.05) is 6.54 Å². The Morgan fingerprint density at radius 3 is 2.56 bits per heavy atom. The van der Waals surface area contributed by atoms with Gasteiger partial charge in [0.05, 0.1) is 11.8 Å². The van der Waals surface area contributed by atoms with Gasteiger partial charge in [-0.2, -0.15) is 5.10 Å². The predicted octanol–water partition coefficient (Wildman–Crippen LogP) is 2.39. The molecule has 4 nitrogen and oxygen atoms in total. The number of nitrogens with zero attached hydrogens (tertiary/aromatic N) is 2. The van der Waals surface area contributed by atoms with E-state index in [-0.39, 0.29) is 11.2 Å². The Balaban J connectivity index is 2.55. The molecule has 18 heavy (non-hydrogen) atoms. The highest BCUT2D eigenvalue weighted by molar-refractivity contribution is 5.95. The zero-order chi connectivity index (χ0) is 13.8. The summed E-state index contributed by atoms with van der Waals surface area (Å²) in [4.78, 5) is 12.0. The maximum Gasteiger partial charge on any atom is 0.166 e. The molecule has 0 aromatic carbocycles. The molecule has 4 heteroatoms. The van der Waals surface area contributed by atoms with Crippen molar-refractivity contribution in [2.24, 2.45) is 24.1 Å². The molecule has 1 unspecified atom stereocenters. The number of nitrogens with two attached hydrogens (primary N) is 1. The second-order valence-corrected chi connectivity index (χ2v) is 6.00. The van der Waals surface area contributed by atoms with Crippen LogP contribution in [0.3, 0.4) is 0 Å². The van der Waals surface area contributed by atoms with Gasteiger partial charge in [-0.15, -0.1) is 0 Å². The summed E-state index contributed by atoms with van der Waals surface area (Å²) in [6.07, 6.45) is 5.86. The van der Waals surface area contributed by atoms with Crippen LogP contribution in [0.15, 0.2) is 12.4 Å². The fraction of sp³-hybridized carbons (Fsp3) is 0.714. The van der Waals surface area contributed by atoms with Crippen LogP contribution in [-0.4, -0.2) is 22.1 Å². The lowest BCUT2D eigenvalue weighted by Gasteiger charge is -2.30. The molecule has 0 bridgehead atoms. The van der Waals surface area contributed by atoms with Crippen molar-refractivity contribution >= 4 is 5.78 Å². The van der Waals surface area contributed by atoms with E-state index in [0.717, 1.165) is 12.8 Å². The van der Waals surface area contributed by atoms with E-state index >= 15 is 0 Å². The largest absolute Gasteiger partial charge is 0.330 e. The van der Waals surface area contributed by atoms with Gasteiger partial charge in [-0.25, -0.2) is 0 Å². The van der Waals surface area contributed by atoms with E-state index in [1.165, 1.54) is 0 Å². The lowest BCUT2D eigenvalue weighted by Crippen LogP contribution is -2.24. The van der Waals surface area contributed by atoms with Gasteiger partial charge in [0.25, 0.3) is 0 Å². The van der Waals surface area contributed by atoms with Gasteiger partial charge in [-0.3, -0.25) is 9.48 Å². The number of carbonyl (C=O) groups excluding carboxylic acids is 1. The number of hydrogen-bond donors (Lipinski definition) is 1. The molecule has 1 rings (SSSR count). The van der Waals surface area contributed by atoms with Gasteiger partial charge in [0, 0.05) is 19.7 Å². The molecule has 0 saturated carbocycles. The van der Waals surface area contributed by atoms with Gasteiger partial charge in [0.2, 0.25) is 0 Å². The Labute approximate surface area is 110 Å². The molecule has 0 amide bonds. The minimum absolute atomic E-state index is 0.175. The molecule has 0 radical (unpaired) electrons. The highest BCUT2D eigenvalue weighted by Crippen LogP contribution is 2.32. The van der Waals surface area contributed by atoms with Crippen LogP contribution in [0.2, 0.25) is 0 Å². The third-order valence-corrected chi connectivity index (χ3v) is 3.49. The minimum Gasteiger partial charge on any atom is -0.330 e. The van der Waals surface area contributed by atoms with E-state index in [9.17, 15) is 4.79 Å². The van der Waals surface area contributed by atoms with Crippen LogP contribution in [0, 0.1) is 11.3 Å². The summed E-state index contributed by atoms with van der Waals surface area (Å²) in [5.41, 5.74) is 6.56. The summed E-state index contributed by atoms with van der Waals surface area (Å²) in [6, 6.07) is 0. The summed E-state index contributed by atoms with van der Waals surface area (Å²) in [7, 11) is 1.82. The molecule has 0 aliphatic carbocycles. The first-order valence-corrected chi connectivity index (χ1v) is 6.56. The van der Waals surface area contributed by atoms with Crippen LogP contribution in [0.4, 0.5) is 0 Å². The number of aromatic nitrogens is 2. The van der Waals surface area contributed by atoms with Crippen LogP contribution >= 0.6 is 0 Å². The van der Waals surface area contributed by atoms with E-state index in [4.69, 9.17) is 5.73 Å². The Morgan fingerprint density at radius 2 is 2.11 bits per heavy atom. The maximum absolute atomic E-state index is 12.0. The second-order valence-electron chi connectivity index (χ2n) is 6.00. The first kappa shape index (κ1) is 14.9. The third-order valence-electron chi connectivity index (χ3n) is 3.49. The fourth-order valence-electron chi connectivity index (χ4n) is 2.23. The van der Waals surface area contributed by atoms with Crippen molar-refractivity contribution in [3.05, 3.63) is 18.0 Å². The van der Waals surface area contributed by atoms with Crippen molar-refractivity contribution in [2.45, 2.75) is 40.0 Å². The van der Waals surface area contributed by atoms with Crippen LogP contribution < -0.4 is 5.73 Å². The SMILES string of the molecule is Cn1cc(C(=O)CCC(CCN)C(C)(C)C)cn1. The van der Waals surface area contributed by atoms with E-state index < -0.39 is 0 Å². The molecule has 102 valence electrons. The predicted molar refractivity (Wildman–Crippen MR) is 73.4 cm³/mol.